The molecule has 0 aliphatic rings. The third-order valence-electron chi connectivity index (χ3n) is 2.91. The van der Waals surface area contributed by atoms with Crippen LogP contribution >= 0.6 is 0 Å². The minimum atomic E-state index is -0.654. The van der Waals surface area contributed by atoms with Crippen molar-refractivity contribution in [3.63, 3.8) is 0 Å². The number of esters is 1. The first-order chi connectivity index (χ1) is 8.15. The Morgan fingerprint density at radius 1 is 1.35 bits per heavy atom. The number of benzene rings is 1. The van der Waals surface area contributed by atoms with E-state index in [1.54, 1.807) is 6.92 Å². The van der Waals surface area contributed by atoms with Crippen molar-refractivity contribution in [3.8, 4) is 0 Å². The van der Waals surface area contributed by atoms with Gasteiger partial charge in [0.25, 0.3) is 0 Å². The summed E-state index contributed by atoms with van der Waals surface area (Å²) < 4.78 is 4.68. The molecule has 0 spiro atoms. The molecule has 0 saturated carbocycles. The highest BCUT2D eigenvalue weighted by molar-refractivity contribution is 5.72. The van der Waals surface area contributed by atoms with E-state index in [0.29, 0.717) is 6.42 Å². The molecular weight excluding hydrogens is 216 g/mol. The van der Waals surface area contributed by atoms with Crippen molar-refractivity contribution in [2.45, 2.75) is 32.3 Å². The Labute approximate surface area is 102 Å². The molecule has 0 amide bonds. The zero-order valence-corrected chi connectivity index (χ0v) is 10.4. The summed E-state index contributed by atoms with van der Waals surface area (Å²) in [5, 5.41) is 9.51. The molecule has 0 bridgehead atoms. The van der Waals surface area contributed by atoms with E-state index in [1.807, 2.05) is 18.2 Å². The normalized spacial score (nSPS) is 14.1. The molecule has 0 aliphatic heterocycles. The van der Waals surface area contributed by atoms with Crippen LogP contribution in [0.4, 0.5) is 0 Å². The second-order valence-corrected chi connectivity index (χ2v) is 4.25. The molecule has 1 rings (SSSR count). The zero-order valence-electron chi connectivity index (χ0n) is 10.4. The van der Waals surface area contributed by atoms with Crippen LogP contribution in [0.15, 0.2) is 30.3 Å². The number of aliphatic hydroxyl groups is 1. The molecule has 17 heavy (non-hydrogen) atoms. The molecule has 0 aromatic heterocycles. The SMILES string of the molecule is COC(=O)[C@@H](CCCc1ccccc1)[C@@H](C)O. The number of hydrogen-bond donors (Lipinski definition) is 1. The van der Waals surface area contributed by atoms with Crippen molar-refractivity contribution in [2.75, 3.05) is 7.11 Å². The van der Waals surface area contributed by atoms with Gasteiger partial charge in [0.1, 0.15) is 0 Å². The Morgan fingerprint density at radius 3 is 2.53 bits per heavy atom. The van der Waals surface area contributed by atoms with Gasteiger partial charge in [-0.3, -0.25) is 4.79 Å². The van der Waals surface area contributed by atoms with Crippen LogP contribution in [0.1, 0.15) is 25.3 Å². The predicted octanol–water partition coefficient (Wildman–Crippen LogP) is 2.18. The van der Waals surface area contributed by atoms with Crippen LogP contribution in [0.25, 0.3) is 0 Å². The van der Waals surface area contributed by atoms with E-state index in [9.17, 15) is 9.90 Å². The van der Waals surface area contributed by atoms with E-state index in [4.69, 9.17) is 0 Å². The molecule has 0 fully saturated rings. The maximum atomic E-state index is 11.4. The third kappa shape index (κ3) is 4.57. The maximum Gasteiger partial charge on any atom is 0.311 e. The molecule has 1 aromatic rings. The van der Waals surface area contributed by atoms with Gasteiger partial charge >= 0.3 is 5.97 Å². The van der Waals surface area contributed by atoms with Crippen molar-refractivity contribution >= 4 is 5.97 Å². The van der Waals surface area contributed by atoms with Crippen molar-refractivity contribution < 1.29 is 14.6 Å². The lowest BCUT2D eigenvalue weighted by atomic mass is 9.95. The van der Waals surface area contributed by atoms with Gasteiger partial charge in [0.15, 0.2) is 0 Å². The standard InChI is InChI=1S/C14H20O3/c1-11(15)13(14(16)17-2)10-6-9-12-7-4-3-5-8-12/h3-5,7-8,11,13,15H,6,9-10H2,1-2H3/t11-,13+/m1/s1. The van der Waals surface area contributed by atoms with Gasteiger partial charge in [-0.15, -0.1) is 0 Å². The molecule has 0 saturated heterocycles. The monoisotopic (exact) mass is 236 g/mol. The Kier molecular flexibility index (Phi) is 5.70. The van der Waals surface area contributed by atoms with E-state index in [2.05, 4.69) is 16.9 Å². The van der Waals surface area contributed by atoms with E-state index < -0.39 is 12.0 Å². The lowest BCUT2D eigenvalue weighted by Crippen LogP contribution is -2.27. The lowest BCUT2D eigenvalue weighted by Gasteiger charge is -2.17. The Hall–Kier alpha value is -1.35. The van der Waals surface area contributed by atoms with Crippen LogP contribution in [0, 0.1) is 5.92 Å². The van der Waals surface area contributed by atoms with Crippen molar-refractivity contribution in [1.82, 2.24) is 0 Å². The topological polar surface area (TPSA) is 46.5 Å². The number of ether oxygens (including phenoxy) is 1. The van der Waals surface area contributed by atoms with E-state index >= 15 is 0 Å². The molecule has 0 heterocycles. The molecule has 3 heteroatoms. The summed E-state index contributed by atoms with van der Waals surface area (Å²) in [7, 11) is 1.36. The van der Waals surface area contributed by atoms with E-state index in [-0.39, 0.29) is 5.97 Å². The van der Waals surface area contributed by atoms with Crippen LogP contribution in [0.5, 0.6) is 0 Å². The average Bonchev–Trinajstić information content (AvgIpc) is 2.34. The number of hydrogen-bond acceptors (Lipinski definition) is 3. The third-order valence-corrected chi connectivity index (χ3v) is 2.91. The summed E-state index contributed by atoms with van der Waals surface area (Å²) in [5.41, 5.74) is 1.25. The van der Waals surface area contributed by atoms with Crippen molar-refractivity contribution in [2.24, 2.45) is 5.92 Å². The van der Waals surface area contributed by atoms with Gasteiger partial charge in [-0.1, -0.05) is 30.3 Å². The summed E-state index contributed by atoms with van der Waals surface area (Å²) in [5.74, 6) is -0.739. The van der Waals surface area contributed by atoms with Gasteiger partial charge in [-0.25, -0.2) is 0 Å². The van der Waals surface area contributed by atoms with Crippen molar-refractivity contribution in [3.05, 3.63) is 35.9 Å². The molecular formula is C14H20O3. The molecule has 0 unspecified atom stereocenters. The maximum absolute atomic E-state index is 11.4. The van der Waals surface area contributed by atoms with Gasteiger partial charge < -0.3 is 9.84 Å². The fourth-order valence-corrected chi connectivity index (χ4v) is 1.88. The quantitative estimate of drug-likeness (QED) is 0.770. The van der Waals surface area contributed by atoms with Crippen LogP contribution in [0.3, 0.4) is 0 Å². The highest BCUT2D eigenvalue weighted by Gasteiger charge is 2.23. The largest absolute Gasteiger partial charge is 0.469 e. The van der Waals surface area contributed by atoms with Crippen molar-refractivity contribution in [1.29, 1.82) is 0 Å². The molecule has 0 radical (unpaired) electrons. The smallest absolute Gasteiger partial charge is 0.311 e. The first-order valence-electron chi connectivity index (χ1n) is 5.95. The predicted molar refractivity (Wildman–Crippen MR) is 66.6 cm³/mol. The first kappa shape index (κ1) is 13.7. The molecule has 0 aliphatic carbocycles. The zero-order chi connectivity index (χ0) is 12.7. The van der Waals surface area contributed by atoms with Crippen LogP contribution in [-0.2, 0) is 16.0 Å². The fourth-order valence-electron chi connectivity index (χ4n) is 1.88. The summed E-state index contributed by atoms with van der Waals surface area (Å²) >= 11 is 0. The van der Waals surface area contributed by atoms with Crippen LogP contribution in [0.2, 0.25) is 0 Å². The summed E-state index contributed by atoms with van der Waals surface area (Å²) in [4.78, 5) is 11.4. The molecule has 2 atom stereocenters. The second kappa shape index (κ2) is 7.07. The van der Waals surface area contributed by atoms with Gasteiger partial charge in [0.05, 0.1) is 19.1 Å². The van der Waals surface area contributed by atoms with Gasteiger partial charge in [-0.2, -0.15) is 0 Å². The lowest BCUT2D eigenvalue weighted by molar-refractivity contribution is -0.149. The van der Waals surface area contributed by atoms with Crippen LogP contribution in [-0.4, -0.2) is 24.3 Å². The fraction of sp³-hybridized carbons (Fsp3) is 0.500. The van der Waals surface area contributed by atoms with Gasteiger partial charge in [-0.05, 0) is 31.7 Å². The van der Waals surface area contributed by atoms with E-state index in [0.717, 1.165) is 12.8 Å². The van der Waals surface area contributed by atoms with Gasteiger partial charge in [0.2, 0.25) is 0 Å². The number of carbonyl (C=O) groups excluding carboxylic acids is 1. The van der Waals surface area contributed by atoms with E-state index in [1.165, 1.54) is 12.7 Å². The minimum absolute atomic E-state index is 0.326. The number of methoxy groups -OCH3 is 1. The minimum Gasteiger partial charge on any atom is -0.469 e. The average molecular weight is 236 g/mol. The Bertz CT molecular complexity index is 333. The highest BCUT2D eigenvalue weighted by atomic mass is 16.5. The number of aryl methyl sites for hydroxylation is 1. The summed E-state index contributed by atoms with van der Waals surface area (Å²) in [6, 6.07) is 10.1. The molecule has 94 valence electrons. The van der Waals surface area contributed by atoms with Gasteiger partial charge in [0, 0.05) is 0 Å². The number of aliphatic hydroxyl groups excluding tert-OH is 1. The highest BCUT2D eigenvalue weighted by Crippen LogP contribution is 2.15. The Balaban J connectivity index is 2.40. The second-order valence-electron chi connectivity index (χ2n) is 4.25. The number of rotatable bonds is 6. The number of carbonyl (C=O) groups is 1. The summed E-state index contributed by atoms with van der Waals surface area (Å²) in [6.07, 6.45) is 1.79. The molecule has 3 nitrogen and oxygen atoms in total. The first-order valence-corrected chi connectivity index (χ1v) is 5.95. The van der Waals surface area contributed by atoms with Crippen LogP contribution < -0.4 is 0 Å². The molecule has 1 N–H and O–H groups in total. The molecule has 1 aromatic carbocycles. The summed E-state index contributed by atoms with van der Waals surface area (Å²) in [6.45, 7) is 1.63. The Morgan fingerprint density at radius 2 is 2.00 bits per heavy atom.